The van der Waals surface area contributed by atoms with E-state index in [0.717, 1.165) is 11.1 Å². The zero-order valence-electron chi connectivity index (χ0n) is 11.4. The van der Waals surface area contributed by atoms with Gasteiger partial charge in [0.2, 0.25) is 0 Å². The zero-order chi connectivity index (χ0) is 15.4. The van der Waals surface area contributed by atoms with E-state index in [4.69, 9.17) is 17.3 Å². The first-order chi connectivity index (χ1) is 9.99. The van der Waals surface area contributed by atoms with Crippen LogP contribution in [-0.2, 0) is 9.59 Å². The van der Waals surface area contributed by atoms with Crippen molar-refractivity contribution in [2.45, 2.75) is 19.8 Å². The molecule has 1 amide bonds. The number of aryl methyl sites for hydroxylation is 1. The van der Waals surface area contributed by atoms with Crippen LogP contribution in [0.15, 0.2) is 23.4 Å². The number of thiocarbonyl (C=S) groups is 1. The molecule has 1 saturated heterocycles. The molecule has 0 radical (unpaired) electrons. The van der Waals surface area contributed by atoms with Gasteiger partial charge in [0.25, 0.3) is 5.91 Å². The molecule has 110 valence electrons. The molecule has 5 nitrogen and oxygen atoms in total. The van der Waals surface area contributed by atoms with Crippen LogP contribution in [0.3, 0.4) is 0 Å². The molecule has 1 N–H and O–H groups in total. The maximum Gasteiger partial charge on any atom is 0.303 e. The quantitative estimate of drug-likeness (QED) is 0.663. The molecule has 21 heavy (non-hydrogen) atoms. The summed E-state index contributed by atoms with van der Waals surface area (Å²) in [6, 6.07) is 1.84. The topological polar surface area (TPSA) is 70.5 Å². The first-order valence-corrected chi connectivity index (χ1v) is 7.59. The Morgan fingerprint density at radius 3 is 3.00 bits per heavy atom. The number of rotatable bonds is 5. The van der Waals surface area contributed by atoms with Crippen LogP contribution < -0.4 is 0 Å². The fourth-order valence-electron chi connectivity index (χ4n) is 1.87. The SMILES string of the molecule is Cc1cnccc1/C=C1\SC(=S)N(CCCC(=O)O)C1=O. The van der Waals surface area contributed by atoms with Gasteiger partial charge >= 0.3 is 5.97 Å². The van der Waals surface area contributed by atoms with Crippen LogP contribution in [0.5, 0.6) is 0 Å². The number of amides is 1. The number of carboxylic acid groups (broad SMARTS) is 1. The Balaban J connectivity index is 2.11. The molecule has 7 heteroatoms. The average Bonchev–Trinajstić information content (AvgIpc) is 2.68. The van der Waals surface area contributed by atoms with Crippen molar-refractivity contribution in [1.82, 2.24) is 9.88 Å². The highest BCUT2D eigenvalue weighted by atomic mass is 32.2. The lowest BCUT2D eigenvalue weighted by Gasteiger charge is -2.13. The van der Waals surface area contributed by atoms with E-state index in [1.54, 1.807) is 18.5 Å². The van der Waals surface area contributed by atoms with E-state index < -0.39 is 5.97 Å². The van der Waals surface area contributed by atoms with Crippen molar-refractivity contribution >= 4 is 46.3 Å². The van der Waals surface area contributed by atoms with Gasteiger partial charge in [0.05, 0.1) is 4.91 Å². The van der Waals surface area contributed by atoms with E-state index in [2.05, 4.69) is 4.98 Å². The summed E-state index contributed by atoms with van der Waals surface area (Å²) in [5.74, 6) is -1.03. The van der Waals surface area contributed by atoms with E-state index in [-0.39, 0.29) is 12.3 Å². The van der Waals surface area contributed by atoms with Crippen molar-refractivity contribution in [3.63, 3.8) is 0 Å². The second kappa shape index (κ2) is 6.82. The Morgan fingerprint density at radius 1 is 1.57 bits per heavy atom. The molecule has 1 aliphatic heterocycles. The standard InChI is InChI=1S/C14H14N2O3S2/c1-9-8-15-5-4-10(9)7-11-13(19)16(14(20)21-11)6-2-3-12(17)18/h4-5,7-8H,2-3,6H2,1H3,(H,17,18)/b11-7-. The lowest BCUT2D eigenvalue weighted by Crippen LogP contribution is -2.29. The van der Waals surface area contributed by atoms with Crippen LogP contribution in [0.1, 0.15) is 24.0 Å². The highest BCUT2D eigenvalue weighted by Crippen LogP contribution is 2.33. The molecule has 0 unspecified atom stereocenters. The summed E-state index contributed by atoms with van der Waals surface area (Å²) in [4.78, 5) is 28.8. The predicted octanol–water partition coefficient (Wildman–Crippen LogP) is 2.46. The summed E-state index contributed by atoms with van der Waals surface area (Å²) in [6.07, 6.45) is 5.63. The molecule has 0 aliphatic carbocycles. The summed E-state index contributed by atoms with van der Waals surface area (Å²) in [5.41, 5.74) is 1.91. The Bertz CT molecular complexity index is 628. The molecule has 0 aromatic carbocycles. The van der Waals surface area contributed by atoms with Gasteiger partial charge < -0.3 is 5.11 Å². The van der Waals surface area contributed by atoms with Crippen LogP contribution in [0, 0.1) is 6.92 Å². The van der Waals surface area contributed by atoms with Gasteiger partial charge in [-0.25, -0.2) is 0 Å². The molecule has 1 aromatic rings. The third kappa shape index (κ3) is 3.89. The molecular formula is C14H14N2O3S2. The lowest BCUT2D eigenvalue weighted by atomic mass is 10.1. The van der Waals surface area contributed by atoms with Crippen LogP contribution >= 0.6 is 24.0 Å². The van der Waals surface area contributed by atoms with E-state index in [1.807, 2.05) is 13.0 Å². The van der Waals surface area contributed by atoms with Crippen molar-refractivity contribution < 1.29 is 14.7 Å². The van der Waals surface area contributed by atoms with Gasteiger partial charge in [0.15, 0.2) is 0 Å². The molecule has 2 heterocycles. The maximum atomic E-state index is 12.3. The van der Waals surface area contributed by atoms with E-state index >= 15 is 0 Å². The molecular weight excluding hydrogens is 308 g/mol. The molecule has 0 atom stereocenters. The molecule has 1 fully saturated rings. The van der Waals surface area contributed by atoms with Crippen LogP contribution in [-0.4, -0.2) is 37.7 Å². The number of hydrogen-bond donors (Lipinski definition) is 1. The number of thioether (sulfide) groups is 1. The highest BCUT2D eigenvalue weighted by molar-refractivity contribution is 8.26. The summed E-state index contributed by atoms with van der Waals surface area (Å²) in [5, 5.41) is 8.64. The molecule has 2 rings (SSSR count). The first-order valence-electron chi connectivity index (χ1n) is 6.37. The monoisotopic (exact) mass is 322 g/mol. The number of nitrogens with zero attached hydrogens (tertiary/aromatic N) is 2. The van der Waals surface area contributed by atoms with Gasteiger partial charge in [-0.05, 0) is 36.6 Å². The van der Waals surface area contributed by atoms with Crippen molar-refractivity contribution in [1.29, 1.82) is 0 Å². The molecule has 0 bridgehead atoms. The van der Waals surface area contributed by atoms with Gasteiger partial charge in [-0.1, -0.05) is 24.0 Å². The summed E-state index contributed by atoms with van der Waals surface area (Å²) in [6.45, 7) is 2.26. The first kappa shape index (κ1) is 15.7. The number of carbonyl (C=O) groups is 2. The third-order valence-corrected chi connectivity index (χ3v) is 4.37. The second-order valence-electron chi connectivity index (χ2n) is 4.56. The molecule has 0 saturated carbocycles. The normalized spacial score (nSPS) is 16.8. The fraction of sp³-hybridized carbons (Fsp3) is 0.286. The Kier molecular flexibility index (Phi) is 5.08. The smallest absolute Gasteiger partial charge is 0.303 e. The van der Waals surface area contributed by atoms with Gasteiger partial charge in [-0.2, -0.15) is 0 Å². The van der Waals surface area contributed by atoms with Crippen molar-refractivity contribution in [3.8, 4) is 0 Å². The number of carbonyl (C=O) groups excluding carboxylic acids is 1. The Labute approximate surface area is 132 Å². The van der Waals surface area contributed by atoms with E-state index in [1.165, 1.54) is 16.7 Å². The largest absolute Gasteiger partial charge is 0.481 e. The summed E-state index contributed by atoms with van der Waals surface area (Å²) in [7, 11) is 0. The zero-order valence-corrected chi connectivity index (χ0v) is 13.0. The van der Waals surface area contributed by atoms with Crippen molar-refractivity contribution in [3.05, 3.63) is 34.5 Å². The van der Waals surface area contributed by atoms with Crippen LogP contribution in [0.2, 0.25) is 0 Å². The van der Waals surface area contributed by atoms with Gasteiger partial charge in [-0.3, -0.25) is 19.5 Å². The van der Waals surface area contributed by atoms with Crippen molar-refractivity contribution in [2.75, 3.05) is 6.54 Å². The molecule has 1 aliphatic rings. The van der Waals surface area contributed by atoms with Crippen LogP contribution in [0.25, 0.3) is 6.08 Å². The van der Waals surface area contributed by atoms with Gasteiger partial charge in [0, 0.05) is 25.4 Å². The number of pyridine rings is 1. The maximum absolute atomic E-state index is 12.3. The minimum atomic E-state index is -0.872. The Hall–Kier alpha value is -1.73. The summed E-state index contributed by atoms with van der Waals surface area (Å²) < 4.78 is 0.475. The fourth-order valence-corrected chi connectivity index (χ4v) is 3.17. The molecule has 0 spiro atoms. The number of aliphatic carboxylic acids is 1. The van der Waals surface area contributed by atoms with Crippen LogP contribution in [0.4, 0.5) is 0 Å². The van der Waals surface area contributed by atoms with Crippen molar-refractivity contribution in [2.24, 2.45) is 0 Å². The molecule has 1 aromatic heterocycles. The number of hydrogen-bond acceptors (Lipinski definition) is 5. The minimum absolute atomic E-state index is 0.0274. The number of aromatic nitrogens is 1. The van der Waals surface area contributed by atoms with Gasteiger partial charge in [0.1, 0.15) is 4.32 Å². The second-order valence-corrected chi connectivity index (χ2v) is 6.24. The minimum Gasteiger partial charge on any atom is -0.481 e. The lowest BCUT2D eigenvalue weighted by molar-refractivity contribution is -0.137. The van der Waals surface area contributed by atoms with E-state index in [9.17, 15) is 9.59 Å². The predicted molar refractivity (Wildman–Crippen MR) is 85.7 cm³/mol. The number of carboxylic acids is 1. The Morgan fingerprint density at radius 2 is 2.33 bits per heavy atom. The average molecular weight is 322 g/mol. The highest BCUT2D eigenvalue weighted by Gasteiger charge is 2.31. The van der Waals surface area contributed by atoms with E-state index in [0.29, 0.717) is 22.2 Å². The third-order valence-electron chi connectivity index (χ3n) is 3.00. The van der Waals surface area contributed by atoms with Gasteiger partial charge in [-0.15, -0.1) is 0 Å². The summed E-state index contributed by atoms with van der Waals surface area (Å²) >= 11 is 6.44.